The molecule has 0 aromatic carbocycles. The van der Waals surface area contributed by atoms with Crippen molar-refractivity contribution < 1.29 is 4.79 Å². The molecule has 1 aliphatic carbocycles. The molecule has 3 rings (SSSR count). The average Bonchev–Trinajstić information content (AvgIpc) is 3.02. The van der Waals surface area contributed by atoms with Gasteiger partial charge in [-0.25, -0.2) is 4.98 Å². The number of nitrogens with zero attached hydrogens (tertiary/aromatic N) is 2. The molecular weight excluding hydrogens is 272 g/mol. The standard InChI is InChI=1S/C14H20N4OS/c1-10-12(18-7-8-20-14(18)16-10)9-15-6-2-3-13(19)17-11-4-5-11/h7-8,11,15H,2-6,9H2,1H3,(H,17,19). The molecule has 2 aromatic rings. The molecule has 0 bridgehead atoms. The van der Waals surface area contributed by atoms with Crippen molar-refractivity contribution in [2.45, 2.75) is 45.2 Å². The lowest BCUT2D eigenvalue weighted by atomic mass is 10.3. The second-order valence-corrected chi connectivity index (χ2v) is 6.19. The molecule has 0 atom stereocenters. The highest BCUT2D eigenvalue weighted by Crippen LogP contribution is 2.18. The van der Waals surface area contributed by atoms with E-state index in [1.807, 2.05) is 12.3 Å². The zero-order chi connectivity index (χ0) is 13.9. The second-order valence-electron chi connectivity index (χ2n) is 5.32. The fourth-order valence-corrected chi connectivity index (χ4v) is 3.04. The predicted octanol–water partition coefficient (Wildman–Crippen LogP) is 1.85. The van der Waals surface area contributed by atoms with Crippen molar-refractivity contribution in [1.29, 1.82) is 0 Å². The van der Waals surface area contributed by atoms with Crippen molar-refractivity contribution in [3.63, 3.8) is 0 Å². The number of imidazole rings is 1. The lowest BCUT2D eigenvalue weighted by molar-refractivity contribution is -0.121. The van der Waals surface area contributed by atoms with Crippen LogP contribution in [0.2, 0.25) is 0 Å². The third-order valence-electron chi connectivity index (χ3n) is 3.55. The summed E-state index contributed by atoms with van der Waals surface area (Å²) in [6.45, 7) is 3.70. The third kappa shape index (κ3) is 3.19. The molecule has 0 radical (unpaired) electrons. The second kappa shape index (κ2) is 5.93. The summed E-state index contributed by atoms with van der Waals surface area (Å²) < 4.78 is 2.13. The number of carbonyl (C=O) groups excluding carboxylic acids is 1. The molecule has 2 N–H and O–H groups in total. The van der Waals surface area contributed by atoms with Gasteiger partial charge in [-0.15, -0.1) is 11.3 Å². The molecule has 1 fully saturated rings. The zero-order valence-electron chi connectivity index (χ0n) is 11.7. The van der Waals surface area contributed by atoms with Crippen molar-refractivity contribution in [2.75, 3.05) is 6.54 Å². The summed E-state index contributed by atoms with van der Waals surface area (Å²) in [4.78, 5) is 17.1. The van der Waals surface area contributed by atoms with Gasteiger partial charge in [0.2, 0.25) is 5.91 Å². The molecule has 2 aromatic heterocycles. The zero-order valence-corrected chi connectivity index (χ0v) is 12.5. The number of nitrogens with one attached hydrogen (secondary N) is 2. The van der Waals surface area contributed by atoms with Crippen LogP contribution >= 0.6 is 11.3 Å². The third-order valence-corrected chi connectivity index (χ3v) is 4.31. The average molecular weight is 292 g/mol. The number of aromatic nitrogens is 2. The highest BCUT2D eigenvalue weighted by molar-refractivity contribution is 7.15. The highest BCUT2D eigenvalue weighted by Gasteiger charge is 2.22. The molecule has 1 saturated carbocycles. The van der Waals surface area contributed by atoms with E-state index in [-0.39, 0.29) is 5.91 Å². The van der Waals surface area contributed by atoms with Crippen LogP contribution in [0, 0.1) is 6.92 Å². The van der Waals surface area contributed by atoms with Crippen LogP contribution in [-0.2, 0) is 11.3 Å². The quantitative estimate of drug-likeness (QED) is 0.766. The van der Waals surface area contributed by atoms with Gasteiger partial charge in [-0.2, -0.15) is 0 Å². The Morgan fingerprint density at radius 1 is 1.55 bits per heavy atom. The molecule has 0 spiro atoms. The van der Waals surface area contributed by atoms with Crippen molar-refractivity contribution in [3.05, 3.63) is 23.0 Å². The highest BCUT2D eigenvalue weighted by atomic mass is 32.1. The minimum Gasteiger partial charge on any atom is -0.353 e. The maximum atomic E-state index is 11.5. The van der Waals surface area contributed by atoms with Crippen LogP contribution in [0.15, 0.2) is 11.6 Å². The summed E-state index contributed by atoms with van der Waals surface area (Å²) in [7, 11) is 0. The first kappa shape index (κ1) is 13.6. The van der Waals surface area contributed by atoms with Crippen LogP contribution in [0.3, 0.4) is 0 Å². The minimum absolute atomic E-state index is 0.190. The van der Waals surface area contributed by atoms with Gasteiger partial charge in [-0.3, -0.25) is 9.20 Å². The summed E-state index contributed by atoms with van der Waals surface area (Å²) in [5.74, 6) is 0.190. The SMILES string of the molecule is Cc1nc2sccn2c1CNCCCC(=O)NC1CC1. The monoisotopic (exact) mass is 292 g/mol. The summed E-state index contributed by atoms with van der Waals surface area (Å²) in [6.07, 6.45) is 5.86. The van der Waals surface area contributed by atoms with Crippen LogP contribution in [0.4, 0.5) is 0 Å². The molecule has 1 amide bonds. The maximum absolute atomic E-state index is 11.5. The van der Waals surface area contributed by atoms with Gasteiger partial charge in [0, 0.05) is 30.6 Å². The van der Waals surface area contributed by atoms with Crippen molar-refractivity contribution >= 4 is 22.2 Å². The lowest BCUT2D eigenvalue weighted by Gasteiger charge is -2.06. The number of aryl methyl sites for hydroxylation is 1. The van der Waals surface area contributed by atoms with Gasteiger partial charge in [-0.1, -0.05) is 0 Å². The Kier molecular flexibility index (Phi) is 4.03. The number of thiazole rings is 1. The molecule has 5 nitrogen and oxygen atoms in total. The van der Waals surface area contributed by atoms with Gasteiger partial charge in [0.05, 0.1) is 11.4 Å². The van der Waals surface area contributed by atoms with E-state index in [0.29, 0.717) is 12.5 Å². The lowest BCUT2D eigenvalue weighted by Crippen LogP contribution is -2.26. The van der Waals surface area contributed by atoms with E-state index in [1.165, 1.54) is 5.69 Å². The van der Waals surface area contributed by atoms with E-state index in [4.69, 9.17) is 0 Å². The van der Waals surface area contributed by atoms with Crippen molar-refractivity contribution in [2.24, 2.45) is 0 Å². The van der Waals surface area contributed by atoms with Gasteiger partial charge in [0.15, 0.2) is 4.96 Å². The van der Waals surface area contributed by atoms with E-state index < -0.39 is 0 Å². The molecule has 0 aliphatic heterocycles. The molecule has 0 unspecified atom stereocenters. The van der Waals surface area contributed by atoms with Crippen LogP contribution in [0.1, 0.15) is 37.1 Å². The Bertz CT molecular complexity index is 599. The van der Waals surface area contributed by atoms with E-state index >= 15 is 0 Å². The fourth-order valence-electron chi connectivity index (χ4n) is 2.26. The first-order valence-corrected chi connectivity index (χ1v) is 8.03. The molecule has 20 heavy (non-hydrogen) atoms. The first-order chi connectivity index (χ1) is 9.74. The van der Waals surface area contributed by atoms with Gasteiger partial charge in [0.1, 0.15) is 0 Å². The van der Waals surface area contributed by atoms with Crippen molar-refractivity contribution in [3.8, 4) is 0 Å². The van der Waals surface area contributed by atoms with Crippen LogP contribution in [-0.4, -0.2) is 27.9 Å². The maximum Gasteiger partial charge on any atom is 0.220 e. The van der Waals surface area contributed by atoms with Gasteiger partial charge in [0.25, 0.3) is 0 Å². The molecule has 108 valence electrons. The van der Waals surface area contributed by atoms with E-state index in [9.17, 15) is 4.79 Å². The Hall–Kier alpha value is -1.40. The normalized spacial score (nSPS) is 14.8. The van der Waals surface area contributed by atoms with E-state index in [1.54, 1.807) is 11.3 Å². The Labute approximate surface area is 122 Å². The number of carbonyl (C=O) groups is 1. The smallest absolute Gasteiger partial charge is 0.220 e. The molecule has 6 heteroatoms. The van der Waals surface area contributed by atoms with Crippen LogP contribution < -0.4 is 10.6 Å². The van der Waals surface area contributed by atoms with Gasteiger partial charge < -0.3 is 10.6 Å². The largest absolute Gasteiger partial charge is 0.353 e. The number of hydrogen-bond acceptors (Lipinski definition) is 4. The molecule has 1 aliphatic rings. The van der Waals surface area contributed by atoms with E-state index in [0.717, 1.165) is 43.0 Å². The fraction of sp³-hybridized carbons (Fsp3) is 0.571. The number of amides is 1. The van der Waals surface area contributed by atoms with Crippen LogP contribution in [0.25, 0.3) is 4.96 Å². The summed E-state index contributed by atoms with van der Waals surface area (Å²) >= 11 is 1.65. The van der Waals surface area contributed by atoms with Gasteiger partial charge >= 0.3 is 0 Å². The number of rotatable bonds is 7. The molecule has 0 saturated heterocycles. The van der Waals surface area contributed by atoms with E-state index in [2.05, 4.69) is 26.2 Å². The molecular formula is C14H20N4OS. The first-order valence-electron chi connectivity index (χ1n) is 7.15. The Morgan fingerprint density at radius 2 is 2.40 bits per heavy atom. The Morgan fingerprint density at radius 3 is 3.20 bits per heavy atom. The number of hydrogen-bond donors (Lipinski definition) is 2. The summed E-state index contributed by atoms with van der Waals surface area (Å²) in [5.41, 5.74) is 2.29. The Balaban J connectivity index is 1.40. The van der Waals surface area contributed by atoms with Gasteiger partial charge in [-0.05, 0) is 32.7 Å². The number of fused-ring (bicyclic) bond motifs is 1. The summed E-state index contributed by atoms with van der Waals surface area (Å²) in [5, 5.41) is 8.46. The summed E-state index contributed by atoms with van der Waals surface area (Å²) in [6, 6.07) is 0.469. The topological polar surface area (TPSA) is 58.4 Å². The van der Waals surface area contributed by atoms with Crippen molar-refractivity contribution in [1.82, 2.24) is 20.0 Å². The minimum atomic E-state index is 0.190. The van der Waals surface area contributed by atoms with Crippen LogP contribution in [0.5, 0.6) is 0 Å². The predicted molar refractivity (Wildman–Crippen MR) is 79.9 cm³/mol. The molecule has 2 heterocycles.